The highest BCUT2D eigenvalue weighted by molar-refractivity contribution is 9.09. The van der Waals surface area contributed by atoms with Crippen LogP contribution in [0.4, 0.5) is 0 Å². The van der Waals surface area contributed by atoms with Crippen LogP contribution in [-0.2, 0) is 14.4 Å². The van der Waals surface area contributed by atoms with Crippen LogP contribution in [0.2, 0.25) is 0 Å². The van der Waals surface area contributed by atoms with Crippen molar-refractivity contribution in [2.75, 3.05) is 26.2 Å². The third-order valence-corrected chi connectivity index (χ3v) is 11.2. The fourth-order valence-electron chi connectivity index (χ4n) is 6.39. The van der Waals surface area contributed by atoms with E-state index in [0.717, 1.165) is 6.42 Å². The number of carbonyl (C=O) groups is 3. The molecule has 0 aliphatic carbocycles. The molecular weight excluding hydrogens is 542 g/mol. The van der Waals surface area contributed by atoms with Gasteiger partial charge in [-0.15, -0.1) is 24.9 Å². The van der Waals surface area contributed by atoms with E-state index in [0.29, 0.717) is 26.1 Å². The Hall–Kier alpha value is -1.32. The second kappa shape index (κ2) is 11.6. The highest BCUT2D eigenvalue weighted by atomic mass is 79.9. The zero-order valence-corrected chi connectivity index (χ0v) is 24.6. The number of aliphatic hydroxyl groups excluding tert-OH is 1. The van der Waals surface area contributed by atoms with Crippen molar-refractivity contribution in [3.63, 3.8) is 0 Å². The Morgan fingerprint density at radius 3 is 2.36 bits per heavy atom. The summed E-state index contributed by atoms with van der Waals surface area (Å²) in [5.41, 5.74) is 0. The van der Waals surface area contributed by atoms with Gasteiger partial charge in [-0.3, -0.25) is 14.4 Å². The van der Waals surface area contributed by atoms with Crippen molar-refractivity contribution in [2.45, 2.75) is 80.4 Å². The Balaban J connectivity index is 2.16. The zero-order valence-electron chi connectivity index (χ0n) is 22.2. The minimum Gasteiger partial charge on any atom is -0.394 e. The Bertz CT molecular complexity index is 883. The number of hydrogen-bond acceptors (Lipinski definition) is 5. The predicted octanol–water partition coefficient (Wildman–Crippen LogP) is 3.32. The van der Waals surface area contributed by atoms with Crippen LogP contribution in [-0.4, -0.2) is 96.7 Å². The van der Waals surface area contributed by atoms with Crippen molar-refractivity contribution in [1.82, 2.24) is 14.7 Å². The number of rotatable bonds is 12. The summed E-state index contributed by atoms with van der Waals surface area (Å²) in [6.07, 6.45) is 4.86. The molecule has 36 heavy (non-hydrogen) atoms. The molecular formula is C27H42BrN3O4S. The zero-order chi connectivity index (χ0) is 26.9. The van der Waals surface area contributed by atoms with Gasteiger partial charge in [0, 0.05) is 35.8 Å². The van der Waals surface area contributed by atoms with Crippen molar-refractivity contribution in [3.8, 4) is 0 Å². The van der Waals surface area contributed by atoms with Gasteiger partial charge in [-0.25, -0.2) is 0 Å². The summed E-state index contributed by atoms with van der Waals surface area (Å²) in [7, 11) is 0. The lowest BCUT2D eigenvalue weighted by molar-refractivity contribution is -0.148. The molecule has 0 aromatic heterocycles. The Kier molecular flexibility index (Phi) is 9.42. The number of alkyl halides is 1. The van der Waals surface area contributed by atoms with Crippen molar-refractivity contribution in [1.29, 1.82) is 0 Å². The summed E-state index contributed by atoms with van der Waals surface area (Å²) in [6.45, 7) is 18.7. The van der Waals surface area contributed by atoms with Crippen LogP contribution in [0.25, 0.3) is 0 Å². The van der Waals surface area contributed by atoms with Crippen molar-refractivity contribution in [2.24, 2.45) is 17.8 Å². The topological polar surface area (TPSA) is 81.2 Å². The van der Waals surface area contributed by atoms with Gasteiger partial charge in [0.2, 0.25) is 17.7 Å². The highest BCUT2D eigenvalue weighted by Gasteiger charge is 2.76. The van der Waals surface area contributed by atoms with Crippen molar-refractivity contribution < 1.29 is 19.5 Å². The number of halogens is 1. The quantitative estimate of drug-likeness (QED) is 0.281. The number of nitrogens with zero attached hydrogens (tertiary/aromatic N) is 3. The minimum absolute atomic E-state index is 0.0153. The van der Waals surface area contributed by atoms with Gasteiger partial charge in [0.15, 0.2) is 0 Å². The van der Waals surface area contributed by atoms with E-state index in [2.05, 4.69) is 29.1 Å². The molecule has 3 fully saturated rings. The second-order valence-corrected chi connectivity index (χ2v) is 13.6. The van der Waals surface area contributed by atoms with Gasteiger partial charge in [0.25, 0.3) is 0 Å². The van der Waals surface area contributed by atoms with E-state index in [1.165, 1.54) is 0 Å². The number of thioether (sulfide) groups is 1. The summed E-state index contributed by atoms with van der Waals surface area (Å²) in [5, 5.41) is 10.3. The first-order valence-corrected chi connectivity index (χ1v) is 14.9. The van der Waals surface area contributed by atoms with Crippen molar-refractivity contribution >= 4 is 45.4 Å². The molecule has 2 bridgehead atoms. The number of amides is 3. The van der Waals surface area contributed by atoms with Crippen LogP contribution in [0.15, 0.2) is 25.3 Å². The van der Waals surface area contributed by atoms with Gasteiger partial charge in [0.05, 0.1) is 29.2 Å². The van der Waals surface area contributed by atoms with E-state index in [4.69, 9.17) is 0 Å². The van der Waals surface area contributed by atoms with Crippen LogP contribution in [0.3, 0.4) is 0 Å². The van der Waals surface area contributed by atoms with Crippen LogP contribution in [0, 0.1) is 17.8 Å². The SMILES string of the molecule is C=CCN(CCC)C(=O)[C@H]1[C@@H]2SC3(CC2Br)C(C(=O)N(CC=C)C(C)C)N([C@@H](CO)C(C)C)C(=O)[C@H]13. The lowest BCUT2D eigenvalue weighted by atomic mass is 9.70. The highest BCUT2D eigenvalue weighted by Crippen LogP contribution is 2.68. The van der Waals surface area contributed by atoms with Crippen LogP contribution >= 0.6 is 27.7 Å². The summed E-state index contributed by atoms with van der Waals surface area (Å²) in [5.74, 6) is -1.51. The van der Waals surface area contributed by atoms with E-state index >= 15 is 0 Å². The molecule has 0 radical (unpaired) electrons. The average Bonchev–Trinajstić information content (AvgIpc) is 3.40. The number of fused-ring (bicyclic) bond motifs is 1. The fraction of sp³-hybridized carbons (Fsp3) is 0.741. The minimum atomic E-state index is -0.747. The molecule has 202 valence electrons. The number of likely N-dealkylation sites (tertiary alicyclic amines) is 1. The first-order chi connectivity index (χ1) is 17.0. The first-order valence-electron chi connectivity index (χ1n) is 13.1. The molecule has 3 amide bonds. The molecule has 9 heteroatoms. The third kappa shape index (κ3) is 4.68. The van der Waals surface area contributed by atoms with Gasteiger partial charge in [-0.05, 0) is 32.6 Å². The standard InChI is InChI=1S/C27H42BrN3O4S/c1-8-11-29(12-9-2)24(33)20-21-25(34)31(19(15-32)16(4)5)23(26(35)30(13-10-3)17(6)7)27(21)14-18(28)22(20)36-27/h8,10,16-23,32H,1,3,9,11-15H2,2,4-7H3/t18?,19-,20+,21-,22+,23?,27?/m0/s1. The maximum Gasteiger partial charge on any atom is 0.247 e. The van der Waals surface area contributed by atoms with Gasteiger partial charge in [-0.1, -0.05) is 48.9 Å². The summed E-state index contributed by atoms with van der Waals surface area (Å²) in [4.78, 5) is 47.8. The lowest BCUT2D eigenvalue weighted by Gasteiger charge is -2.41. The first kappa shape index (κ1) is 29.2. The number of hydrogen-bond donors (Lipinski definition) is 1. The fourth-order valence-corrected chi connectivity index (χ4v) is 9.97. The molecule has 3 heterocycles. The van der Waals surface area contributed by atoms with Crippen molar-refractivity contribution in [3.05, 3.63) is 25.3 Å². The van der Waals surface area contributed by atoms with E-state index in [9.17, 15) is 19.5 Å². The lowest BCUT2D eigenvalue weighted by Crippen LogP contribution is -2.59. The predicted molar refractivity (Wildman–Crippen MR) is 149 cm³/mol. The molecule has 0 saturated carbocycles. The van der Waals surface area contributed by atoms with E-state index in [1.54, 1.807) is 38.6 Å². The molecule has 1 N–H and O–H groups in total. The van der Waals surface area contributed by atoms with Gasteiger partial charge >= 0.3 is 0 Å². The maximum atomic E-state index is 14.3. The molecule has 7 atom stereocenters. The third-order valence-electron chi connectivity index (χ3n) is 7.95. The van der Waals surface area contributed by atoms with Crippen LogP contribution in [0.1, 0.15) is 47.5 Å². The van der Waals surface area contributed by atoms with Gasteiger partial charge in [0.1, 0.15) is 6.04 Å². The maximum absolute atomic E-state index is 14.3. The summed E-state index contributed by atoms with van der Waals surface area (Å²) in [6, 6.07) is -1.33. The summed E-state index contributed by atoms with van der Waals surface area (Å²) < 4.78 is -0.726. The molecule has 3 aliphatic heterocycles. The molecule has 0 aromatic rings. The second-order valence-electron chi connectivity index (χ2n) is 10.8. The largest absolute Gasteiger partial charge is 0.394 e. The molecule has 3 saturated heterocycles. The number of aliphatic hydroxyl groups is 1. The Labute approximate surface area is 228 Å². The molecule has 3 unspecified atom stereocenters. The van der Waals surface area contributed by atoms with E-state index in [1.807, 2.05) is 34.6 Å². The number of carbonyl (C=O) groups excluding carboxylic acids is 3. The van der Waals surface area contributed by atoms with Gasteiger partial charge in [-0.2, -0.15) is 0 Å². The van der Waals surface area contributed by atoms with Gasteiger partial charge < -0.3 is 19.8 Å². The smallest absolute Gasteiger partial charge is 0.247 e. The Morgan fingerprint density at radius 1 is 1.22 bits per heavy atom. The average molecular weight is 585 g/mol. The Morgan fingerprint density at radius 2 is 1.86 bits per heavy atom. The molecule has 3 aliphatic rings. The normalized spacial score (nSPS) is 31.6. The van der Waals surface area contributed by atoms with E-state index < -0.39 is 28.7 Å². The van der Waals surface area contributed by atoms with Crippen LogP contribution < -0.4 is 0 Å². The molecule has 1 spiro atoms. The van der Waals surface area contributed by atoms with E-state index in [-0.39, 0.29) is 46.4 Å². The molecule has 7 nitrogen and oxygen atoms in total. The molecule has 0 aromatic carbocycles. The monoisotopic (exact) mass is 583 g/mol. The van der Waals surface area contributed by atoms with Crippen LogP contribution in [0.5, 0.6) is 0 Å². The summed E-state index contributed by atoms with van der Waals surface area (Å²) >= 11 is 5.47. The molecule has 3 rings (SSSR count).